The lowest BCUT2D eigenvalue weighted by atomic mass is 10.1. The highest BCUT2D eigenvalue weighted by molar-refractivity contribution is 7.96. The zero-order chi connectivity index (χ0) is 24.9. The third-order valence-corrected chi connectivity index (χ3v) is 7.21. The molecule has 1 heterocycles. The summed E-state index contributed by atoms with van der Waals surface area (Å²) in [6, 6.07) is 10.6. The number of hydrogen-bond donors (Lipinski definition) is 1. The van der Waals surface area contributed by atoms with Gasteiger partial charge in [0.25, 0.3) is 10.0 Å². The van der Waals surface area contributed by atoms with Gasteiger partial charge in [-0.05, 0) is 55.7 Å². The molecular formula is C24H22Cl4N2O3S. The molecule has 10 heteroatoms. The molecule has 1 unspecified atom stereocenters. The van der Waals surface area contributed by atoms with Crippen LogP contribution in [0.15, 0.2) is 75.3 Å². The van der Waals surface area contributed by atoms with E-state index in [0.29, 0.717) is 18.6 Å². The van der Waals surface area contributed by atoms with Crippen LogP contribution in [-0.2, 0) is 16.4 Å². The van der Waals surface area contributed by atoms with Gasteiger partial charge < -0.3 is 4.74 Å². The Bertz CT molecular complexity index is 1280. The maximum atomic E-state index is 13.0. The van der Waals surface area contributed by atoms with Gasteiger partial charge in [0.2, 0.25) is 0 Å². The van der Waals surface area contributed by atoms with Crippen molar-refractivity contribution < 1.29 is 13.2 Å². The summed E-state index contributed by atoms with van der Waals surface area (Å²) in [5.41, 5.74) is 2.07. The summed E-state index contributed by atoms with van der Waals surface area (Å²) in [6.45, 7) is 3.48. The fourth-order valence-corrected chi connectivity index (χ4v) is 5.70. The van der Waals surface area contributed by atoms with Crippen molar-refractivity contribution in [2.24, 2.45) is 4.99 Å². The van der Waals surface area contributed by atoms with Gasteiger partial charge in [-0.1, -0.05) is 66.0 Å². The Morgan fingerprint density at radius 3 is 2.56 bits per heavy atom. The first-order valence-corrected chi connectivity index (χ1v) is 13.4. The zero-order valence-electron chi connectivity index (χ0n) is 18.4. The van der Waals surface area contributed by atoms with Crippen molar-refractivity contribution in [3.8, 4) is 5.75 Å². The molecule has 1 aliphatic rings. The Balaban J connectivity index is 1.84. The van der Waals surface area contributed by atoms with Crippen LogP contribution in [0.5, 0.6) is 5.75 Å². The van der Waals surface area contributed by atoms with E-state index < -0.39 is 15.4 Å². The molecule has 0 aliphatic carbocycles. The number of anilines is 1. The van der Waals surface area contributed by atoms with E-state index in [1.165, 1.54) is 24.3 Å². The number of alkyl halides is 1. The minimum Gasteiger partial charge on any atom is -0.453 e. The Labute approximate surface area is 219 Å². The van der Waals surface area contributed by atoms with Gasteiger partial charge >= 0.3 is 0 Å². The summed E-state index contributed by atoms with van der Waals surface area (Å²) < 4.78 is 34.3. The minimum atomic E-state index is -4.03. The number of hydrogen-bond acceptors (Lipinski definition) is 4. The average molecular weight is 560 g/mol. The Morgan fingerprint density at radius 2 is 1.91 bits per heavy atom. The summed E-state index contributed by atoms with van der Waals surface area (Å²) in [4.78, 5) is 4.35. The molecule has 0 amide bonds. The van der Waals surface area contributed by atoms with Crippen molar-refractivity contribution in [3.63, 3.8) is 0 Å². The van der Waals surface area contributed by atoms with Gasteiger partial charge in [-0.3, -0.25) is 9.71 Å². The second-order valence-electron chi connectivity index (χ2n) is 7.34. The molecule has 1 aliphatic heterocycles. The van der Waals surface area contributed by atoms with Crippen molar-refractivity contribution in [2.75, 3.05) is 4.72 Å². The summed E-state index contributed by atoms with van der Waals surface area (Å²) in [5, 5.41) is -0.177. The SMILES string of the molecule is CC/C=C(\C(Cl)=C/C(C)Cl)S(=O)(=O)Nc1cc(Cl)c(OC2=CCc3ccccc3N=C2)c(Cl)c1. The zero-order valence-corrected chi connectivity index (χ0v) is 22.2. The number of aliphatic imine (C=N–C) groups is 1. The molecule has 1 N–H and O–H groups in total. The van der Waals surface area contributed by atoms with E-state index in [1.807, 2.05) is 30.3 Å². The predicted molar refractivity (Wildman–Crippen MR) is 144 cm³/mol. The Kier molecular flexibility index (Phi) is 9.13. The van der Waals surface area contributed by atoms with Crippen LogP contribution >= 0.6 is 46.4 Å². The quantitative estimate of drug-likeness (QED) is 0.263. The van der Waals surface area contributed by atoms with Crippen molar-refractivity contribution in [2.45, 2.75) is 32.1 Å². The van der Waals surface area contributed by atoms with Gasteiger partial charge in [0.1, 0.15) is 10.7 Å². The number of nitrogens with one attached hydrogen (secondary N) is 1. The predicted octanol–water partition coefficient (Wildman–Crippen LogP) is 8.00. The number of allylic oxidation sites excluding steroid dienone is 5. The monoisotopic (exact) mass is 558 g/mol. The number of nitrogens with zero attached hydrogens (tertiary/aromatic N) is 1. The molecule has 3 rings (SSSR count). The summed E-state index contributed by atoms with van der Waals surface area (Å²) >= 11 is 24.9. The number of rotatable bonds is 8. The molecule has 0 spiro atoms. The van der Waals surface area contributed by atoms with Gasteiger partial charge in [0, 0.05) is 0 Å². The fraction of sp³-hybridized carbons (Fsp3) is 0.208. The first-order valence-electron chi connectivity index (χ1n) is 10.3. The molecule has 0 radical (unpaired) electrons. The van der Waals surface area contributed by atoms with E-state index in [4.69, 9.17) is 51.1 Å². The van der Waals surface area contributed by atoms with E-state index in [-0.39, 0.29) is 31.4 Å². The molecule has 2 aromatic rings. The maximum Gasteiger partial charge on any atom is 0.263 e. The molecular weight excluding hydrogens is 538 g/mol. The largest absolute Gasteiger partial charge is 0.453 e. The normalized spacial score (nSPS) is 15.3. The van der Waals surface area contributed by atoms with Crippen LogP contribution in [0.2, 0.25) is 10.0 Å². The van der Waals surface area contributed by atoms with E-state index in [0.717, 1.165) is 11.3 Å². The first kappa shape index (κ1) is 26.6. The number of halogens is 4. The lowest BCUT2D eigenvalue weighted by Gasteiger charge is -2.15. The fourth-order valence-electron chi connectivity index (χ4n) is 3.12. The highest BCUT2D eigenvalue weighted by Crippen LogP contribution is 2.38. The maximum absolute atomic E-state index is 13.0. The minimum absolute atomic E-state index is 0.0228. The third kappa shape index (κ3) is 6.80. The molecule has 2 aromatic carbocycles. The average Bonchev–Trinajstić information content (AvgIpc) is 2.96. The Morgan fingerprint density at radius 1 is 1.24 bits per heavy atom. The van der Waals surface area contributed by atoms with E-state index >= 15 is 0 Å². The summed E-state index contributed by atoms with van der Waals surface area (Å²) in [6.07, 6.45) is 7.47. The van der Waals surface area contributed by atoms with Crippen molar-refractivity contribution in [1.29, 1.82) is 0 Å². The van der Waals surface area contributed by atoms with Gasteiger partial charge in [-0.25, -0.2) is 8.42 Å². The molecule has 0 bridgehead atoms. The van der Waals surface area contributed by atoms with Gasteiger partial charge in [0.15, 0.2) is 5.75 Å². The van der Waals surface area contributed by atoms with Gasteiger partial charge in [-0.15, -0.1) is 11.6 Å². The van der Waals surface area contributed by atoms with Gasteiger partial charge in [0.05, 0.1) is 38.0 Å². The van der Waals surface area contributed by atoms with Crippen molar-refractivity contribution in [1.82, 2.24) is 0 Å². The molecule has 0 saturated heterocycles. The smallest absolute Gasteiger partial charge is 0.263 e. The van der Waals surface area contributed by atoms with Crippen LogP contribution in [0.3, 0.4) is 0 Å². The number of fused-ring (bicyclic) bond motifs is 1. The molecule has 0 saturated carbocycles. The van der Waals surface area contributed by atoms with Crippen LogP contribution < -0.4 is 9.46 Å². The summed E-state index contributed by atoms with van der Waals surface area (Å²) in [7, 11) is -4.03. The van der Waals surface area contributed by atoms with Gasteiger partial charge in [-0.2, -0.15) is 0 Å². The van der Waals surface area contributed by atoms with Crippen molar-refractivity contribution in [3.05, 3.63) is 85.9 Å². The standard InChI is InChI=1S/C24H22Cl4N2O3S/c1-3-6-23(19(26)11-15(2)25)34(31,32)30-17-12-20(27)24(21(28)13-17)33-18-10-9-16-7-4-5-8-22(16)29-14-18/h4-8,10-15,30H,3,9H2,1-2H3/b19-11+,23-6+. The second-order valence-corrected chi connectivity index (χ2v) is 10.9. The number of ether oxygens (including phenoxy) is 1. The number of sulfonamides is 1. The lowest BCUT2D eigenvalue weighted by molar-refractivity contribution is 0.456. The van der Waals surface area contributed by atoms with E-state index in [9.17, 15) is 8.42 Å². The van der Waals surface area contributed by atoms with Crippen LogP contribution in [0.25, 0.3) is 0 Å². The first-order chi connectivity index (χ1) is 16.1. The van der Waals surface area contributed by atoms with Crippen LogP contribution in [0.4, 0.5) is 11.4 Å². The third-order valence-electron chi connectivity index (χ3n) is 4.61. The topological polar surface area (TPSA) is 67.8 Å². The number of para-hydroxylation sites is 1. The highest BCUT2D eigenvalue weighted by atomic mass is 35.5. The van der Waals surface area contributed by atoms with Crippen LogP contribution in [0.1, 0.15) is 25.8 Å². The van der Waals surface area contributed by atoms with E-state index in [1.54, 1.807) is 20.1 Å². The number of benzene rings is 2. The Hall–Kier alpha value is -1.96. The molecule has 5 nitrogen and oxygen atoms in total. The highest BCUT2D eigenvalue weighted by Gasteiger charge is 2.22. The summed E-state index contributed by atoms with van der Waals surface area (Å²) in [5.74, 6) is 0.654. The molecule has 0 fully saturated rings. The molecule has 0 aromatic heterocycles. The lowest BCUT2D eigenvalue weighted by Crippen LogP contribution is -2.16. The van der Waals surface area contributed by atoms with Crippen LogP contribution in [0, 0.1) is 0 Å². The second kappa shape index (κ2) is 11.6. The van der Waals surface area contributed by atoms with E-state index in [2.05, 4.69) is 9.71 Å². The molecule has 1 atom stereocenters. The van der Waals surface area contributed by atoms with Crippen molar-refractivity contribution >= 4 is 74.0 Å². The van der Waals surface area contributed by atoms with Crippen LogP contribution in [-0.4, -0.2) is 20.0 Å². The molecule has 180 valence electrons. The molecule has 34 heavy (non-hydrogen) atoms.